The van der Waals surface area contributed by atoms with Crippen molar-refractivity contribution in [2.45, 2.75) is 37.9 Å². The third-order valence-electron chi connectivity index (χ3n) is 2.92. The summed E-state index contributed by atoms with van der Waals surface area (Å²) in [4.78, 5) is 16.4. The summed E-state index contributed by atoms with van der Waals surface area (Å²) in [6.07, 6.45) is 2.96. The van der Waals surface area contributed by atoms with Crippen LogP contribution in [0.3, 0.4) is 0 Å². The van der Waals surface area contributed by atoms with Gasteiger partial charge in [0.25, 0.3) is 0 Å². The Hall–Kier alpha value is -0.460. The fraction of sp³-hybridized carbons (Fsp3) is 0.429. The smallest absolute Gasteiger partial charge is 0.239 e. The zero-order valence-corrected chi connectivity index (χ0v) is 15.4. The van der Waals surface area contributed by atoms with Crippen LogP contribution in [0.1, 0.15) is 31.7 Å². The van der Waals surface area contributed by atoms with E-state index in [1.807, 2.05) is 13.0 Å². The van der Waals surface area contributed by atoms with Gasteiger partial charge in [0, 0.05) is 4.47 Å². The minimum atomic E-state index is -0.153. The highest BCUT2D eigenvalue weighted by molar-refractivity contribution is 9.10. The maximum absolute atomic E-state index is 12.0. The predicted octanol–water partition coefficient (Wildman–Crippen LogP) is 5.26. The number of carbonyl (C=O) groups is 1. The summed E-state index contributed by atoms with van der Waals surface area (Å²) in [5.74, 6) is -0.0228. The molecular formula is C14H16Br2N2OS. The zero-order chi connectivity index (χ0) is 14.7. The molecule has 108 valence electrons. The summed E-state index contributed by atoms with van der Waals surface area (Å²) in [5.41, 5.74) is 2.07. The maximum atomic E-state index is 12.0. The quantitative estimate of drug-likeness (QED) is 0.671. The zero-order valence-electron chi connectivity index (χ0n) is 11.4. The van der Waals surface area contributed by atoms with Crippen LogP contribution < -0.4 is 5.32 Å². The van der Waals surface area contributed by atoms with E-state index in [1.165, 1.54) is 16.9 Å². The number of benzene rings is 1. The molecule has 0 bridgehead atoms. The molecule has 20 heavy (non-hydrogen) atoms. The van der Waals surface area contributed by atoms with Gasteiger partial charge in [0.05, 0.1) is 15.0 Å². The molecule has 1 aromatic carbocycles. The van der Waals surface area contributed by atoms with Gasteiger partial charge in [-0.2, -0.15) is 0 Å². The molecule has 0 aliphatic carbocycles. The summed E-state index contributed by atoms with van der Waals surface area (Å²) in [6, 6.07) is 4.11. The number of thiazole rings is 1. The van der Waals surface area contributed by atoms with Crippen molar-refractivity contribution >= 4 is 64.5 Å². The SMILES string of the molecule is CCCC[C@H](Br)C(=O)Nc1nc2c(Br)cc(C)cc2s1. The normalized spacial score (nSPS) is 12.6. The molecule has 2 rings (SSSR count). The lowest BCUT2D eigenvalue weighted by Crippen LogP contribution is -2.22. The van der Waals surface area contributed by atoms with Gasteiger partial charge in [0.1, 0.15) is 0 Å². The van der Waals surface area contributed by atoms with E-state index >= 15 is 0 Å². The van der Waals surface area contributed by atoms with E-state index in [2.05, 4.69) is 55.2 Å². The van der Waals surface area contributed by atoms with Crippen LogP contribution in [-0.4, -0.2) is 15.7 Å². The van der Waals surface area contributed by atoms with Crippen molar-refractivity contribution in [3.63, 3.8) is 0 Å². The van der Waals surface area contributed by atoms with Gasteiger partial charge in [-0.05, 0) is 47.0 Å². The molecule has 0 fully saturated rings. The summed E-state index contributed by atoms with van der Waals surface area (Å²) >= 11 is 8.44. The van der Waals surface area contributed by atoms with Gasteiger partial charge in [0.2, 0.25) is 5.91 Å². The van der Waals surface area contributed by atoms with E-state index in [0.29, 0.717) is 5.13 Å². The molecule has 1 atom stereocenters. The maximum Gasteiger partial charge on any atom is 0.239 e. The van der Waals surface area contributed by atoms with Gasteiger partial charge in [0.15, 0.2) is 5.13 Å². The number of unbranched alkanes of at least 4 members (excludes halogenated alkanes) is 1. The first-order valence-corrected chi connectivity index (χ1v) is 9.05. The number of amides is 1. The lowest BCUT2D eigenvalue weighted by Gasteiger charge is -2.07. The Kier molecular flexibility index (Phi) is 5.57. The topological polar surface area (TPSA) is 42.0 Å². The molecule has 0 spiro atoms. The number of hydrogen-bond donors (Lipinski definition) is 1. The standard InChI is InChI=1S/C14H16Br2N2OS/c1-3-4-5-9(15)13(19)18-14-17-12-10(16)6-8(2)7-11(12)20-14/h6-7,9H,3-5H2,1-2H3,(H,17,18,19)/t9-/m0/s1. The number of rotatable bonds is 5. The van der Waals surface area contributed by atoms with Gasteiger partial charge < -0.3 is 5.32 Å². The average molecular weight is 420 g/mol. The second-order valence-electron chi connectivity index (χ2n) is 4.71. The lowest BCUT2D eigenvalue weighted by molar-refractivity contribution is -0.115. The Balaban J connectivity index is 2.14. The number of fused-ring (bicyclic) bond motifs is 1. The molecule has 0 unspecified atom stereocenters. The van der Waals surface area contributed by atoms with E-state index in [1.54, 1.807) is 0 Å². The number of carbonyl (C=O) groups excluding carboxylic acids is 1. The van der Waals surface area contributed by atoms with Gasteiger partial charge in [-0.1, -0.05) is 47.0 Å². The Labute approximate surface area is 139 Å². The number of hydrogen-bond acceptors (Lipinski definition) is 3. The molecule has 1 aromatic heterocycles. The highest BCUT2D eigenvalue weighted by Crippen LogP contribution is 2.32. The number of nitrogens with one attached hydrogen (secondary N) is 1. The van der Waals surface area contributed by atoms with Crippen molar-refractivity contribution in [1.82, 2.24) is 4.98 Å². The number of nitrogens with zero attached hydrogens (tertiary/aromatic N) is 1. The second-order valence-corrected chi connectivity index (χ2v) is 7.70. The third kappa shape index (κ3) is 3.80. The van der Waals surface area contributed by atoms with E-state index in [0.717, 1.165) is 34.0 Å². The minimum Gasteiger partial charge on any atom is -0.301 e. The molecule has 3 nitrogen and oxygen atoms in total. The second kappa shape index (κ2) is 7.00. The minimum absolute atomic E-state index is 0.0228. The van der Waals surface area contributed by atoms with Gasteiger partial charge in [-0.15, -0.1) is 0 Å². The first-order chi connectivity index (χ1) is 9.51. The van der Waals surface area contributed by atoms with Crippen molar-refractivity contribution < 1.29 is 4.79 Å². The first kappa shape index (κ1) is 15.9. The summed E-state index contributed by atoms with van der Waals surface area (Å²) in [5, 5.41) is 3.54. The van der Waals surface area contributed by atoms with E-state index in [9.17, 15) is 4.79 Å². The molecular weight excluding hydrogens is 404 g/mol. The number of aryl methyl sites for hydroxylation is 1. The van der Waals surface area contributed by atoms with Crippen molar-refractivity contribution in [3.8, 4) is 0 Å². The van der Waals surface area contributed by atoms with Crippen molar-refractivity contribution in [1.29, 1.82) is 0 Å². The molecule has 1 heterocycles. The van der Waals surface area contributed by atoms with Crippen LogP contribution in [0.25, 0.3) is 10.2 Å². The fourth-order valence-electron chi connectivity index (χ4n) is 1.87. The largest absolute Gasteiger partial charge is 0.301 e. The summed E-state index contributed by atoms with van der Waals surface area (Å²) < 4.78 is 2.04. The molecule has 6 heteroatoms. The van der Waals surface area contributed by atoms with Crippen LogP contribution >= 0.6 is 43.2 Å². The summed E-state index contributed by atoms with van der Waals surface area (Å²) in [6.45, 7) is 4.16. The first-order valence-electron chi connectivity index (χ1n) is 6.53. The molecule has 1 amide bonds. The molecule has 0 radical (unpaired) electrons. The molecule has 0 aliphatic heterocycles. The van der Waals surface area contributed by atoms with Crippen LogP contribution in [-0.2, 0) is 4.79 Å². The van der Waals surface area contributed by atoms with E-state index < -0.39 is 0 Å². The van der Waals surface area contributed by atoms with Crippen LogP contribution in [0.4, 0.5) is 5.13 Å². The van der Waals surface area contributed by atoms with Crippen LogP contribution in [0, 0.1) is 6.92 Å². The van der Waals surface area contributed by atoms with Crippen LogP contribution in [0.5, 0.6) is 0 Å². The lowest BCUT2D eigenvalue weighted by atomic mass is 10.2. The fourth-order valence-corrected chi connectivity index (χ4v) is 4.10. The number of halogens is 2. The average Bonchev–Trinajstić information content (AvgIpc) is 2.78. The molecule has 0 aliphatic rings. The monoisotopic (exact) mass is 418 g/mol. The number of alkyl halides is 1. The highest BCUT2D eigenvalue weighted by Gasteiger charge is 2.16. The number of anilines is 1. The van der Waals surface area contributed by atoms with E-state index in [-0.39, 0.29) is 10.7 Å². The molecule has 0 saturated heterocycles. The van der Waals surface area contributed by atoms with Crippen LogP contribution in [0.2, 0.25) is 0 Å². The Bertz CT molecular complexity index is 627. The Morgan fingerprint density at radius 3 is 2.95 bits per heavy atom. The molecule has 2 aromatic rings. The van der Waals surface area contributed by atoms with Gasteiger partial charge in [-0.3, -0.25) is 4.79 Å². The Morgan fingerprint density at radius 2 is 2.25 bits per heavy atom. The van der Waals surface area contributed by atoms with Crippen molar-refractivity contribution in [3.05, 3.63) is 22.2 Å². The highest BCUT2D eigenvalue weighted by atomic mass is 79.9. The van der Waals surface area contributed by atoms with Crippen LogP contribution in [0.15, 0.2) is 16.6 Å². The van der Waals surface area contributed by atoms with Gasteiger partial charge in [-0.25, -0.2) is 4.98 Å². The van der Waals surface area contributed by atoms with E-state index in [4.69, 9.17) is 0 Å². The Morgan fingerprint density at radius 1 is 1.50 bits per heavy atom. The van der Waals surface area contributed by atoms with Crippen molar-refractivity contribution in [2.24, 2.45) is 0 Å². The molecule has 1 N–H and O–H groups in total. The number of aromatic nitrogens is 1. The van der Waals surface area contributed by atoms with Crippen molar-refractivity contribution in [2.75, 3.05) is 5.32 Å². The third-order valence-corrected chi connectivity index (χ3v) is 5.31. The predicted molar refractivity (Wildman–Crippen MR) is 92.9 cm³/mol. The van der Waals surface area contributed by atoms with Gasteiger partial charge >= 0.3 is 0 Å². The molecule has 0 saturated carbocycles. The summed E-state index contributed by atoms with van der Waals surface area (Å²) in [7, 11) is 0.